The van der Waals surface area contributed by atoms with Crippen molar-refractivity contribution in [3.8, 4) is 5.75 Å². The van der Waals surface area contributed by atoms with Crippen LogP contribution in [0.2, 0.25) is 0 Å². The lowest BCUT2D eigenvalue weighted by atomic mass is 9.98. The molecule has 2 rings (SSSR count). The van der Waals surface area contributed by atoms with Gasteiger partial charge in [0.25, 0.3) is 0 Å². The Balaban J connectivity index is 2.23. The van der Waals surface area contributed by atoms with E-state index in [1.165, 1.54) is 7.11 Å². The summed E-state index contributed by atoms with van der Waals surface area (Å²) in [4.78, 5) is 11.5. The van der Waals surface area contributed by atoms with Crippen LogP contribution in [0.3, 0.4) is 0 Å². The summed E-state index contributed by atoms with van der Waals surface area (Å²) >= 11 is 0. The molecule has 0 saturated carbocycles. The van der Waals surface area contributed by atoms with Gasteiger partial charge in [0.1, 0.15) is 11.4 Å². The first-order chi connectivity index (χ1) is 9.53. The monoisotopic (exact) mass is 270 g/mol. The van der Waals surface area contributed by atoms with Gasteiger partial charge in [-0.25, -0.2) is 4.79 Å². The molecule has 0 aromatic heterocycles. The van der Waals surface area contributed by atoms with Gasteiger partial charge in [-0.05, 0) is 37.6 Å². The van der Waals surface area contributed by atoms with E-state index in [1.54, 1.807) is 18.2 Å². The lowest BCUT2D eigenvalue weighted by Gasteiger charge is -2.27. The second-order valence-corrected chi connectivity index (χ2v) is 5.00. The van der Waals surface area contributed by atoms with Crippen molar-refractivity contribution < 1.29 is 14.3 Å². The number of hydrogen-bond donors (Lipinski definition) is 0. The molecule has 0 aliphatic rings. The van der Waals surface area contributed by atoms with Gasteiger partial charge in [-0.3, -0.25) is 0 Å². The fourth-order valence-corrected chi connectivity index (χ4v) is 2.00. The lowest BCUT2D eigenvalue weighted by molar-refractivity contribution is 0.0598. The first-order valence-electron chi connectivity index (χ1n) is 6.46. The Labute approximate surface area is 119 Å². The van der Waals surface area contributed by atoms with E-state index in [0.717, 1.165) is 5.56 Å². The highest BCUT2D eigenvalue weighted by Gasteiger charge is 2.22. The number of carbonyl (C=O) groups is 1. The molecule has 2 aromatic rings. The van der Waals surface area contributed by atoms with Crippen LogP contribution < -0.4 is 4.74 Å². The Morgan fingerprint density at radius 3 is 2.35 bits per heavy atom. The van der Waals surface area contributed by atoms with Gasteiger partial charge in [0, 0.05) is 0 Å². The van der Waals surface area contributed by atoms with Crippen molar-refractivity contribution >= 4 is 5.97 Å². The minimum absolute atomic E-state index is 0.368. The number of esters is 1. The average Bonchev–Trinajstić information content (AvgIpc) is 2.47. The zero-order chi connectivity index (χ0) is 14.6. The third-order valence-corrected chi connectivity index (χ3v) is 3.10. The second kappa shape index (κ2) is 5.78. The van der Waals surface area contributed by atoms with Crippen molar-refractivity contribution in [1.82, 2.24) is 0 Å². The molecular formula is C17H18O3. The molecule has 0 heterocycles. The summed E-state index contributed by atoms with van der Waals surface area (Å²) in [5, 5.41) is 0. The number of rotatable bonds is 4. The molecule has 0 radical (unpaired) electrons. The van der Waals surface area contributed by atoms with Crippen LogP contribution in [0.4, 0.5) is 0 Å². The molecule has 3 heteroatoms. The van der Waals surface area contributed by atoms with Gasteiger partial charge >= 0.3 is 5.97 Å². The lowest BCUT2D eigenvalue weighted by Crippen LogP contribution is -2.25. The van der Waals surface area contributed by atoms with Crippen LogP contribution in [-0.4, -0.2) is 13.1 Å². The molecule has 0 spiro atoms. The van der Waals surface area contributed by atoms with E-state index in [9.17, 15) is 4.79 Å². The van der Waals surface area contributed by atoms with E-state index >= 15 is 0 Å². The average molecular weight is 270 g/mol. The molecule has 0 fully saturated rings. The molecule has 0 atom stereocenters. The number of carbonyl (C=O) groups excluding carboxylic acids is 1. The Morgan fingerprint density at radius 1 is 1.00 bits per heavy atom. The van der Waals surface area contributed by atoms with Gasteiger partial charge in [0.15, 0.2) is 0 Å². The molecule has 0 aliphatic carbocycles. The first kappa shape index (κ1) is 14.1. The van der Waals surface area contributed by atoms with E-state index in [2.05, 4.69) is 0 Å². The van der Waals surface area contributed by atoms with Crippen molar-refractivity contribution in [3.63, 3.8) is 0 Å². The largest absolute Gasteiger partial charge is 0.483 e. The van der Waals surface area contributed by atoms with E-state index < -0.39 is 5.60 Å². The molecule has 0 saturated heterocycles. The third kappa shape index (κ3) is 3.18. The smallest absolute Gasteiger partial charge is 0.337 e. The van der Waals surface area contributed by atoms with E-state index in [1.807, 2.05) is 50.2 Å². The summed E-state index contributed by atoms with van der Waals surface area (Å²) in [5.41, 5.74) is 1.08. The number of methoxy groups -OCH3 is 1. The van der Waals surface area contributed by atoms with Crippen LogP contribution in [0.1, 0.15) is 29.8 Å². The highest BCUT2D eigenvalue weighted by atomic mass is 16.5. The predicted molar refractivity (Wildman–Crippen MR) is 77.9 cm³/mol. The molecule has 0 bridgehead atoms. The Bertz CT molecular complexity index is 588. The second-order valence-electron chi connectivity index (χ2n) is 5.00. The van der Waals surface area contributed by atoms with E-state index in [0.29, 0.717) is 11.3 Å². The maximum atomic E-state index is 11.5. The minimum atomic E-state index is -0.476. The van der Waals surface area contributed by atoms with Gasteiger partial charge in [0.2, 0.25) is 0 Å². The molecule has 0 unspecified atom stereocenters. The molecule has 0 N–H and O–H groups in total. The minimum Gasteiger partial charge on any atom is -0.483 e. The van der Waals surface area contributed by atoms with Crippen LogP contribution in [0, 0.1) is 0 Å². The molecule has 20 heavy (non-hydrogen) atoms. The molecule has 0 amide bonds. The topological polar surface area (TPSA) is 35.5 Å². The molecule has 104 valence electrons. The van der Waals surface area contributed by atoms with Crippen LogP contribution in [0.5, 0.6) is 5.75 Å². The summed E-state index contributed by atoms with van der Waals surface area (Å²) in [5.74, 6) is 0.273. The van der Waals surface area contributed by atoms with Gasteiger partial charge < -0.3 is 9.47 Å². The Kier molecular flexibility index (Phi) is 4.08. The van der Waals surface area contributed by atoms with Crippen LogP contribution >= 0.6 is 0 Å². The number of ether oxygens (including phenoxy) is 2. The molecule has 2 aromatic carbocycles. The normalized spacial score (nSPS) is 10.9. The Hall–Kier alpha value is -2.29. The zero-order valence-corrected chi connectivity index (χ0v) is 11.9. The zero-order valence-electron chi connectivity index (χ0n) is 11.9. The Morgan fingerprint density at radius 2 is 1.70 bits per heavy atom. The van der Waals surface area contributed by atoms with Crippen LogP contribution in [0.15, 0.2) is 54.6 Å². The van der Waals surface area contributed by atoms with Gasteiger partial charge in [-0.15, -0.1) is 0 Å². The predicted octanol–water partition coefficient (Wildman–Crippen LogP) is 3.79. The molecular weight excluding hydrogens is 252 g/mol. The fraction of sp³-hybridized carbons (Fsp3) is 0.235. The van der Waals surface area contributed by atoms with E-state index in [-0.39, 0.29) is 5.97 Å². The summed E-state index contributed by atoms with van der Waals surface area (Å²) in [6.07, 6.45) is 0. The maximum absolute atomic E-state index is 11.5. The van der Waals surface area contributed by atoms with Crippen LogP contribution in [-0.2, 0) is 10.3 Å². The quantitative estimate of drug-likeness (QED) is 0.793. The summed E-state index contributed by atoms with van der Waals surface area (Å²) in [6, 6.07) is 17.0. The van der Waals surface area contributed by atoms with Crippen molar-refractivity contribution in [2.45, 2.75) is 19.4 Å². The summed E-state index contributed by atoms with van der Waals surface area (Å²) in [6.45, 7) is 3.99. The van der Waals surface area contributed by atoms with Gasteiger partial charge in [-0.1, -0.05) is 36.4 Å². The van der Waals surface area contributed by atoms with Crippen molar-refractivity contribution in [2.75, 3.05) is 7.11 Å². The van der Waals surface area contributed by atoms with Gasteiger partial charge in [0.05, 0.1) is 12.7 Å². The van der Waals surface area contributed by atoms with E-state index in [4.69, 9.17) is 9.47 Å². The first-order valence-corrected chi connectivity index (χ1v) is 6.46. The summed E-state index contributed by atoms with van der Waals surface area (Å²) < 4.78 is 10.7. The highest BCUT2D eigenvalue weighted by Crippen LogP contribution is 2.28. The fourth-order valence-electron chi connectivity index (χ4n) is 2.00. The van der Waals surface area contributed by atoms with Crippen molar-refractivity contribution in [1.29, 1.82) is 0 Å². The van der Waals surface area contributed by atoms with Crippen molar-refractivity contribution in [3.05, 3.63) is 65.7 Å². The molecule has 0 aliphatic heterocycles. The maximum Gasteiger partial charge on any atom is 0.337 e. The van der Waals surface area contributed by atoms with Crippen LogP contribution in [0.25, 0.3) is 0 Å². The standard InChI is InChI=1S/C17H18O3/c1-17(2,14-9-5-4-6-10-14)20-15-11-7-8-13(12-15)16(18)19-3/h4-12H,1-3H3. The highest BCUT2D eigenvalue weighted by molar-refractivity contribution is 5.89. The molecule has 3 nitrogen and oxygen atoms in total. The third-order valence-electron chi connectivity index (χ3n) is 3.10. The van der Waals surface area contributed by atoms with Gasteiger partial charge in [-0.2, -0.15) is 0 Å². The SMILES string of the molecule is COC(=O)c1cccc(OC(C)(C)c2ccccc2)c1. The number of benzene rings is 2. The summed E-state index contributed by atoms with van der Waals surface area (Å²) in [7, 11) is 1.36. The number of hydrogen-bond acceptors (Lipinski definition) is 3. The van der Waals surface area contributed by atoms with Crippen molar-refractivity contribution in [2.24, 2.45) is 0 Å².